The molecule has 10 heteroatoms. The van der Waals surface area contributed by atoms with Gasteiger partial charge in [0.2, 0.25) is 15.5 Å². The lowest BCUT2D eigenvalue weighted by Crippen LogP contribution is -2.30. The Balaban J connectivity index is 2.15. The molecule has 3 rings (SSSR count). The van der Waals surface area contributed by atoms with Gasteiger partial charge in [0.05, 0.1) is 17.3 Å². The standard InChI is InChI=1S/C19H21N5O4S/c1-4-24-17(20)15(19(26)21-2)16(25)13-9-10-14(22-18(13)24)11-5-7-12(8-6-11)23-29(3,27)28/h5-10,23H,4,20H2,1-3H3,(H,21,26). The van der Waals surface area contributed by atoms with Crippen molar-refractivity contribution in [3.8, 4) is 11.3 Å². The Morgan fingerprint density at radius 3 is 2.38 bits per heavy atom. The number of nitrogens with two attached hydrogens (primary N) is 1. The van der Waals surface area contributed by atoms with Gasteiger partial charge in [-0.2, -0.15) is 0 Å². The number of nitrogens with one attached hydrogen (secondary N) is 2. The van der Waals surface area contributed by atoms with Crippen LogP contribution >= 0.6 is 0 Å². The normalized spacial score (nSPS) is 11.4. The lowest BCUT2D eigenvalue weighted by molar-refractivity contribution is 0.0962. The molecule has 0 unspecified atom stereocenters. The lowest BCUT2D eigenvalue weighted by Gasteiger charge is -2.15. The summed E-state index contributed by atoms with van der Waals surface area (Å²) in [5.41, 5.74) is 7.64. The third-order valence-corrected chi connectivity index (χ3v) is 5.01. The fraction of sp³-hybridized carbons (Fsp3) is 0.211. The van der Waals surface area contributed by atoms with Crippen LogP contribution in [0, 0.1) is 0 Å². The molecule has 3 aromatic rings. The van der Waals surface area contributed by atoms with Crippen molar-refractivity contribution < 1.29 is 13.2 Å². The fourth-order valence-electron chi connectivity index (χ4n) is 3.08. The predicted molar refractivity (Wildman–Crippen MR) is 113 cm³/mol. The summed E-state index contributed by atoms with van der Waals surface area (Å²) < 4.78 is 26.7. The average Bonchev–Trinajstić information content (AvgIpc) is 2.67. The maximum absolute atomic E-state index is 12.8. The van der Waals surface area contributed by atoms with Crippen molar-refractivity contribution >= 4 is 38.5 Å². The number of carbonyl (C=O) groups excluding carboxylic acids is 1. The summed E-state index contributed by atoms with van der Waals surface area (Å²) >= 11 is 0. The van der Waals surface area contributed by atoms with E-state index in [-0.39, 0.29) is 11.4 Å². The smallest absolute Gasteiger partial charge is 0.258 e. The molecule has 152 valence electrons. The zero-order valence-electron chi connectivity index (χ0n) is 16.2. The van der Waals surface area contributed by atoms with Crippen LogP contribution in [0.5, 0.6) is 0 Å². The summed E-state index contributed by atoms with van der Waals surface area (Å²) in [6, 6.07) is 9.97. The minimum Gasteiger partial charge on any atom is -0.384 e. The third-order valence-electron chi connectivity index (χ3n) is 4.40. The zero-order valence-corrected chi connectivity index (χ0v) is 17.0. The van der Waals surface area contributed by atoms with Gasteiger partial charge in [-0.15, -0.1) is 0 Å². The number of nitrogens with zero attached hydrogens (tertiary/aromatic N) is 2. The molecule has 0 bridgehead atoms. The first-order valence-electron chi connectivity index (χ1n) is 8.79. The highest BCUT2D eigenvalue weighted by Crippen LogP contribution is 2.24. The lowest BCUT2D eigenvalue weighted by atomic mass is 10.1. The van der Waals surface area contributed by atoms with E-state index in [9.17, 15) is 18.0 Å². The first kappa shape index (κ1) is 20.3. The van der Waals surface area contributed by atoms with Crippen LogP contribution in [0.3, 0.4) is 0 Å². The summed E-state index contributed by atoms with van der Waals surface area (Å²) in [6.45, 7) is 2.26. The quantitative estimate of drug-likeness (QED) is 0.576. The fourth-order valence-corrected chi connectivity index (χ4v) is 3.64. The van der Waals surface area contributed by atoms with Crippen molar-refractivity contribution in [2.45, 2.75) is 13.5 Å². The summed E-state index contributed by atoms with van der Waals surface area (Å²) in [6.07, 6.45) is 1.08. The maximum atomic E-state index is 12.8. The van der Waals surface area contributed by atoms with E-state index in [4.69, 9.17) is 5.73 Å². The molecule has 0 aliphatic carbocycles. The first-order valence-corrected chi connectivity index (χ1v) is 10.7. The number of rotatable bonds is 5. The Bertz CT molecular complexity index is 1260. The topological polar surface area (TPSA) is 136 Å². The minimum absolute atomic E-state index is 0.0571. The van der Waals surface area contributed by atoms with Crippen LogP contribution in [0.4, 0.5) is 11.5 Å². The Morgan fingerprint density at radius 2 is 1.83 bits per heavy atom. The number of pyridine rings is 2. The van der Waals surface area contributed by atoms with Gasteiger partial charge < -0.3 is 15.6 Å². The van der Waals surface area contributed by atoms with Crippen molar-refractivity contribution in [1.82, 2.24) is 14.9 Å². The van der Waals surface area contributed by atoms with Gasteiger partial charge in [-0.3, -0.25) is 14.3 Å². The van der Waals surface area contributed by atoms with Crippen LogP contribution in [0.15, 0.2) is 41.2 Å². The van der Waals surface area contributed by atoms with Gasteiger partial charge in [0.1, 0.15) is 17.0 Å². The number of hydrogen-bond acceptors (Lipinski definition) is 6. The molecule has 4 N–H and O–H groups in total. The van der Waals surface area contributed by atoms with Crippen LogP contribution in [-0.2, 0) is 16.6 Å². The van der Waals surface area contributed by atoms with Crippen molar-refractivity contribution in [3.63, 3.8) is 0 Å². The number of hydrogen-bond donors (Lipinski definition) is 3. The van der Waals surface area contributed by atoms with E-state index < -0.39 is 21.4 Å². The molecule has 0 saturated heterocycles. The summed E-state index contributed by atoms with van der Waals surface area (Å²) in [5, 5.41) is 2.73. The molecular formula is C19H21N5O4S. The van der Waals surface area contributed by atoms with E-state index in [1.54, 1.807) is 41.0 Å². The number of fused-ring (bicyclic) bond motifs is 1. The summed E-state index contributed by atoms with van der Waals surface area (Å²) in [4.78, 5) is 29.5. The van der Waals surface area contributed by atoms with Gasteiger partial charge in [0.15, 0.2) is 0 Å². The third kappa shape index (κ3) is 3.92. The van der Waals surface area contributed by atoms with Gasteiger partial charge in [-0.25, -0.2) is 13.4 Å². The molecule has 0 atom stereocenters. The molecule has 0 radical (unpaired) electrons. The number of amides is 1. The molecule has 1 amide bonds. The minimum atomic E-state index is -3.37. The van der Waals surface area contributed by atoms with Crippen molar-refractivity contribution in [1.29, 1.82) is 0 Å². The number of anilines is 2. The molecule has 0 spiro atoms. The van der Waals surface area contributed by atoms with E-state index in [2.05, 4.69) is 15.0 Å². The van der Waals surface area contributed by atoms with Crippen LogP contribution in [0.25, 0.3) is 22.3 Å². The first-order chi connectivity index (χ1) is 13.7. The van der Waals surface area contributed by atoms with Crippen LogP contribution in [0.1, 0.15) is 17.3 Å². The van der Waals surface area contributed by atoms with Gasteiger partial charge >= 0.3 is 0 Å². The second-order valence-corrected chi connectivity index (χ2v) is 8.18. The Labute approximate surface area is 167 Å². The Kier molecular flexibility index (Phi) is 5.29. The van der Waals surface area contributed by atoms with Crippen molar-refractivity contribution in [2.75, 3.05) is 23.8 Å². The van der Waals surface area contributed by atoms with Crippen LogP contribution < -0.4 is 21.2 Å². The van der Waals surface area contributed by atoms with E-state index in [1.807, 2.05) is 6.92 Å². The second-order valence-electron chi connectivity index (χ2n) is 6.43. The highest BCUT2D eigenvalue weighted by Gasteiger charge is 2.20. The van der Waals surface area contributed by atoms with Gasteiger partial charge in [-0.05, 0) is 31.2 Å². The molecular weight excluding hydrogens is 394 g/mol. The van der Waals surface area contributed by atoms with Gasteiger partial charge in [0, 0.05) is 24.8 Å². The molecule has 2 aromatic heterocycles. The maximum Gasteiger partial charge on any atom is 0.258 e. The zero-order chi connectivity index (χ0) is 21.3. The average molecular weight is 415 g/mol. The van der Waals surface area contributed by atoms with Crippen LogP contribution in [0.2, 0.25) is 0 Å². The number of aromatic nitrogens is 2. The number of nitrogen functional groups attached to an aromatic ring is 1. The Hall–Kier alpha value is -3.40. The number of benzene rings is 1. The number of aryl methyl sites for hydroxylation is 1. The molecule has 0 saturated carbocycles. The molecule has 0 aliphatic rings. The predicted octanol–water partition coefficient (Wildman–Crippen LogP) is 1.40. The van der Waals surface area contributed by atoms with E-state index in [0.717, 1.165) is 11.8 Å². The molecule has 1 aromatic carbocycles. The number of sulfonamides is 1. The largest absolute Gasteiger partial charge is 0.384 e. The summed E-state index contributed by atoms with van der Waals surface area (Å²) in [7, 11) is -1.93. The van der Waals surface area contributed by atoms with E-state index in [0.29, 0.717) is 29.0 Å². The van der Waals surface area contributed by atoms with Crippen LogP contribution in [-0.4, -0.2) is 37.2 Å². The Morgan fingerprint density at radius 1 is 1.17 bits per heavy atom. The van der Waals surface area contributed by atoms with E-state index in [1.165, 1.54) is 7.05 Å². The second kappa shape index (κ2) is 7.55. The molecule has 29 heavy (non-hydrogen) atoms. The molecule has 9 nitrogen and oxygen atoms in total. The van der Waals surface area contributed by atoms with Gasteiger partial charge in [0.25, 0.3) is 5.91 Å². The molecule has 0 aliphatic heterocycles. The van der Waals surface area contributed by atoms with Crippen molar-refractivity contribution in [2.24, 2.45) is 0 Å². The number of carbonyl (C=O) groups is 1. The SMILES string of the molecule is CCn1c(N)c(C(=O)NC)c(=O)c2ccc(-c3ccc(NS(C)(=O)=O)cc3)nc21. The van der Waals surface area contributed by atoms with Crippen molar-refractivity contribution in [3.05, 3.63) is 52.2 Å². The molecule has 2 heterocycles. The monoisotopic (exact) mass is 415 g/mol. The highest BCUT2D eigenvalue weighted by molar-refractivity contribution is 7.92. The highest BCUT2D eigenvalue weighted by atomic mass is 32.2. The molecule has 0 fully saturated rings. The van der Waals surface area contributed by atoms with Gasteiger partial charge in [-0.1, -0.05) is 12.1 Å². The summed E-state index contributed by atoms with van der Waals surface area (Å²) in [5.74, 6) is -0.489. The van der Waals surface area contributed by atoms with E-state index >= 15 is 0 Å².